The van der Waals surface area contributed by atoms with E-state index < -0.39 is 0 Å². The highest BCUT2D eigenvalue weighted by atomic mass is 32.1. The van der Waals surface area contributed by atoms with Crippen molar-refractivity contribution >= 4 is 11.3 Å². The zero-order chi connectivity index (χ0) is 13.8. The number of para-hydroxylation sites is 1. The van der Waals surface area contributed by atoms with Gasteiger partial charge in [-0.15, -0.1) is 11.3 Å². The summed E-state index contributed by atoms with van der Waals surface area (Å²) >= 11 is 1.69. The molecule has 2 rings (SSSR count). The van der Waals surface area contributed by atoms with E-state index in [9.17, 15) is 0 Å². The quantitative estimate of drug-likeness (QED) is 0.902. The van der Waals surface area contributed by atoms with E-state index in [1.807, 2.05) is 31.2 Å². The molecule has 19 heavy (non-hydrogen) atoms. The molecule has 0 aliphatic rings. The van der Waals surface area contributed by atoms with E-state index in [4.69, 9.17) is 10.5 Å². The number of rotatable bonds is 5. The van der Waals surface area contributed by atoms with Crippen LogP contribution in [0.1, 0.15) is 49.0 Å². The number of hydrogen-bond donors (Lipinski definition) is 1. The predicted molar refractivity (Wildman–Crippen MR) is 79.6 cm³/mol. The lowest BCUT2D eigenvalue weighted by Crippen LogP contribution is -2.08. The Morgan fingerprint density at radius 1 is 1.26 bits per heavy atom. The van der Waals surface area contributed by atoms with Crippen LogP contribution in [0.5, 0.6) is 5.75 Å². The van der Waals surface area contributed by atoms with Crippen LogP contribution in [0.3, 0.4) is 0 Å². The summed E-state index contributed by atoms with van der Waals surface area (Å²) in [6.45, 7) is 6.75. The summed E-state index contributed by atoms with van der Waals surface area (Å²) < 4.78 is 5.84. The van der Waals surface area contributed by atoms with E-state index in [0.717, 1.165) is 22.0 Å². The van der Waals surface area contributed by atoms with Crippen LogP contribution in [0.15, 0.2) is 29.6 Å². The Morgan fingerprint density at radius 2 is 2.00 bits per heavy atom. The molecule has 0 fully saturated rings. The SMILES string of the molecule is CC(C)c1nc(COc2ccccc2C(C)N)cs1. The van der Waals surface area contributed by atoms with Crippen molar-refractivity contribution in [1.29, 1.82) is 0 Å². The largest absolute Gasteiger partial charge is 0.487 e. The third-order valence-electron chi connectivity index (χ3n) is 2.85. The van der Waals surface area contributed by atoms with Crippen molar-refractivity contribution < 1.29 is 4.74 Å². The van der Waals surface area contributed by atoms with Crippen molar-refractivity contribution in [2.24, 2.45) is 5.73 Å². The van der Waals surface area contributed by atoms with Gasteiger partial charge in [0.25, 0.3) is 0 Å². The monoisotopic (exact) mass is 276 g/mol. The molecule has 0 saturated carbocycles. The molecular formula is C15H20N2OS. The van der Waals surface area contributed by atoms with Crippen molar-refractivity contribution in [1.82, 2.24) is 4.98 Å². The van der Waals surface area contributed by atoms with Gasteiger partial charge in [-0.05, 0) is 13.0 Å². The Bertz CT molecular complexity index is 534. The summed E-state index contributed by atoms with van der Waals surface area (Å²) in [5.41, 5.74) is 7.94. The molecule has 102 valence electrons. The predicted octanol–water partition coefficient (Wildman–Crippen LogP) is 3.87. The first-order valence-corrected chi connectivity index (χ1v) is 7.37. The first-order chi connectivity index (χ1) is 9.08. The van der Waals surface area contributed by atoms with Gasteiger partial charge in [0.05, 0.1) is 10.7 Å². The second-order valence-electron chi connectivity index (χ2n) is 4.95. The minimum atomic E-state index is -0.0298. The Morgan fingerprint density at radius 3 is 2.63 bits per heavy atom. The van der Waals surface area contributed by atoms with E-state index in [-0.39, 0.29) is 6.04 Å². The van der Waals surface area contributed by atoms with Crippen molar-refractivity contribution in [3.63, 3.8) is 0 Å². The van der Waals surface area contributed by atoms with Gasteiger partial charge in [-0.3, -0.25) is 0 Å². The van der Waals surface area contributed by atoms with Gasteiger partial charge in [-0.1, -0.05) is 32.0 Å². The van der Waals surface area contributed by atoms with Crippen LogP contribution in [-0.2, 0) is 6.61 Å². The average Bonchev–Trinajstić information content (AvgIpc) is 2.85. The fraction of sp³-hybridized carbons (Fsp3) is 0.400. The smallest absolute Gasteiger partial charge is 0.131 e. The molecule has 3 nitrogen and oxygen atoms in total. The first kappa shape index (κ1) is 14.0. The zero-order valence-corrected chi connectivity index (χ0v) is 12.4. The van der Waals surface area contributed by atoms with E-state index in [1.54, 1.807) is 11.3 Å². The second kappa shape index (κ2) is 6.17. The Hall–Kier alpha value is -1.39. The molecule has 1 heterocycles. The molecule has 0 radical (unpaired) electrons. The normalized spacial score (nSPS) is 12.7. The number of hydrogen-bond acceptors (Lipinski definition) is 4. The fourth-order valence-electron chi connectivity index (χ4n) is 1.79. The Kier molecular flexibility index (Phi) is 4.56. The third-order valence-corrected chi connectivity index (χ3v) is 4.04. The van der Waals surface area contributed by atoms with Gasteiger partial charge < -0.3 is 10.5 Å². The lowest BCUT2D eigenvalue weighted by Gasteiger charge is -2.12. The molecule has 0 saturated heterocycles. The lowest BCUT2D eigenvalue weighted by molar-refractivity contribution is 0.297. The Balaban J connectivity index is 2.06. The van der Waals surface area contributed by atoms with Crippen molar-refractivity contribution in [3.8, 4) is 5.75 Å². The summed E-state index contributed by atoms with van der Waals surface area (Å²) in [6.07, 6.45) is 0. The van der Waals surface area contributed by atoms with E-state index >= 15 is 0 Å². The number of benzene rings is 1. The van der Waals surface area contributed by atoms with E-state index in [2.05, 4.69) is 24.2 Å². The number of thiazole rings is 1. The second-order valence-corrected chi connectivity index (χ2v) is 5.84. The molecule has 0 bridgehead atoms. The number of ether oxygens (including phenoxy) is 1. The van der Waals surface area contributed by atoms with Crippen LogP contribution in [0.25, 0.3) is 0 Å². The molecule has 1 atom stereocenters. The number of nitrogens with zero attached hydrogens (tertiary/aromatic N) is 1. The average molecular weight is 276 g/mol. The van der Waals surface area contributed by atoms with Crippen LogP contribution >= 0.6 is 11.3 Å². The number of nitrogens with two attached hydrogens (primary N) is 1. The Labute approximate surface area is 118 Å². The first-order valence-electron chi connectivity index (χ1n) is 6.49. The molecular weight excluding hydrogens is 256 g/mol. The fourth-order valence-corrected chi connectivity index (χ4v) is 2.61. The molecule has 0 amide bonds. The van der Waals surface area contributed by atoms with Crippen molar-refractivity contribution in [2.45, 2.75) is 39.3 Å². The van der Waals surface area contributed by atoms with Gasteiger partial charge in [0.2, 0.25) is 0 Å². The maximum absolute atomic E-state index is 5.93. The summed E-state index contributed by atoms with van der Waals surface area (Å²) in [6, 6.07) is 7.86. The molecule has 1 aromatic carbocycles. The summed E-state index contributed by atoms with van der Waals surface area (Å²) in [5, 5.41) is 3.21. The van der Waals surface area contributed by atoms with E-state index in [0.29, 0.717) is 12.5 Å². The van der Waals surface area contributed by atoms with Crippen LogP contribution in [0, 0.1) is 0 Å². The minimum Gasteiger partial charge on any atom is -0.487 e. The number of aromatic nitrogens is 1. The molecule has 1 aromatic heterocycles. The summed E-state index contributed by atoms with van der Waals surface area (Å²) in [5.74, 6) is 1.31. The maximum Gasteiger partial charge on any atom is 0.131 e. The van der Waals surface area contributed by atoms with Crippen molar-refractivity contribution in [2.75, 3.05) is 0 Å². The molecule has 1 unspecified atom stereocenters. The third kappa shape index (κ3) is 3.55. The molecule has 0 aliphatic heterocycles. The molecule has 2 N–H and O–H groups in total. The zero-order valence-electron chi connectivity index (χ0n) is 11.6. The highest BCUT2D eigenvalue weighted by Crippen LogP contribution is 2.25. The highest BCUT2D eigenvalue weighted by molar-refractivity contribution is 7.09. The van der Waals surface area contributed by atoms with Crippen LogP contribution in [0.4, 0.5) is 0 Å². The van der Waals surface area contributed by atoms with Gasteiger partial charge in [0, 0.05) is 22.9 Å². The van der Waals surface area contributed by atoms with Gasteiger partial charge in [-0.25, -0.2) is 4.98 Å². The van der Waals surface area contributed by atoms with Gasteiger partial charge in [0.1, 0.15) is 12.4 Å². The highest BCUT2D eigenvalue weighted by Gasteiger charge is 2.09. The van der Waals surface area contributed by atoms with Gasteiger partial charge >= 0.3 is 0 Å². The van der Waals surface area contributed by atoms with Crippen molar-refractivity contribution in [3.05, 3.63) is 45.9 Å². The van der Waals surface area contributed by atoms with E-state index in [1.165, 1.54) is 0 Å². The minimum absolute atomic E-state index is 0.0298. The van der Waals surface area contributed by atoms with Crippen LogP contribution < -0.4 is 10.5 Å². The lowest BCUT2D eigenvalue weighted by atomic mass is 10.1. The van der Waals surface area contributed by atoms with Gasteiger partial charge in [-0.2, -0.15) is 0 Å². The molecule has 4 heteroatoms. The molecule has 2 aromatic rings. The van der Waals surface area contributed by atoms with Gasteiger partial charge in [0.15, 0.2) is 0 Å². The standard InChI is InChI=1S/C15H20N2OS/c1-10(2)15-17-12(9-19-15)8-18-14-7-5-4-6-13(14)11(3)16/h4-7,9-11H,8,16H2,1-3H3. The summed E-state index contributed by atoms with van der Waals surface area (Å²) in [7, 11) is 0. The molecule has 0 spiro atoms. The maximum atomic E-state index is 5.93. The summed E-state index contributed by atoms with van der Waals surface area (Å²) in [4.78, 5) is 4.56. The topological polar surface area (TPSA) is 48.1 Å². The molecule has 0 aliphatic carbocycles. The van der Waals surface area contributed by atoms with Crippen LogP contribution in [0.2, 0.25) is 0 Å². The van der Waals surface area contributed by atoms with Crippen LogP contribution in [-0.4, -0.2) is 4.98 Å².